The molecule has 0 amide bonds. The molecular formula is C12H11FN2O. The van der Waals surface area contributed by atoms with Crippen LogP contribution in [-0.2, 0) is 7.05 Å². The molecule has 0 fully saturated rings. The maximum atomic E-state index is 12.7. The molecule has 0 N–H and O–H groups in total. The monoisotopic (exact) mass is 218 g/mol. The number of aromatic nitrogens is 2. The molecule has 1 aromatic heterocycles. The Balaban J connectivity index is 2.39. The van der Waals surface area contributed by atoms with Gasteiger partial charge in [-0.15, -0.1) is 0 Å². The van der Waals surface area contributed by atoms with E-state index in [0.29, 0.717) is 11.3 Å². The molecule has 3 nitrogen and oxygen atoms in total. The van der Waals surface area contributed by atoms with Crippen molar-refractivity contribution in [3.8, 4) is 0 Å². The van der Waals surface area contributed by atoms with Gasteiger partial charge in [-0.3, -0.25) is 9.48 Å². The predicted molar refractivity (Wildman–Crippen MR) is 57.8 cm³/mol. The van der Waals surface area contributed by atoms with E-state index in [1.807, 2.05) is 6.92 Å². The lowest BCUT2D eigenvalue weighted by molar-refractivity contribution is 0.103. The molecule has 82 valence electrons. The highest BCUT2D eigenvalue weighted by Crippen LogP contribution is 2.11. The Morgan fingerprint density at radius 3 is 2.44 bits per heavy atom. The summed E-state index contributed by atoms with van der Waals surface area (Å²) in [5, 5.41) is 4.10. The van der Waals surface area contributed by atoms with Crippen molar-refractivity contribution in [3.63, 3.8) is 0 Å². The van der Waals surface area contributed by atoms with Gasteiger partial charge in [-0.2, -0.15) is 5.10 Å². The van der Waals surface area contributed by atoms with Crippen molar-refractivity contribution in [1.29, 1.82) is 0 Å². The first-order chi connectivity index (χ1) is 7.58. The molecule has 0 radical (unpaired) electrons. The number of carbonyl (C=O) groups is 1. The average molecular weight is 218 g/mol. The highest BCUT2D eigenvalue weighted by molar-refractivity contribution is 6.07. The lowest BCUT2D eigenvalue weighted by Gasteiger charge is -2.00. The lowest BCUT2D eigenvalue weighted by Crippen LogP contribution is -2.08. The zero-order valence-electron chi connectivity index (χ0n) is 9.07. The normalized spacial score (nSPS) is 10.4. The summed E-state index contributed by atoms with van der Waals surface area (Å²) in [6, 6.07) is 7.21. The highest BCUT2D eigenvalue weighted by atomic mass is 19.1. The molecule has 0 aliphatic rings. The van der Waals surface area contributed by atoms with Gasteiger partial charge in [0, 0.05) is 12.6 Å². The fraction of sp³-hybridized carbons (Fsp3) is 0.167. The minimum atomic E-state index is -0.349. The number of benzene rings is 1. The van der Waals surface area contributed by atoms with Gasteiger partial charge in [0.25, 0.3) is 0 Å². The Kier molecular flexibility index (Phi) is 2.56. The van der Waals surface area contributed by atoms with Crippen LogP contribution in [0, 0.1) is 12.7 Å². The van der Waals surface area contributed by atoms with E-state index in [-0.39, 0.29) is 11.6 Å². The largest absolute Gasteiger partial charge is 0.287 e. The van der Waals surface area contributed by atoms with Gasteiger partial charge >= 0.3 is 0 Å². The minimum Gasteiger partial charge on any atom is -0.287 e. The maximum Gasteiger partial charge on any atom is 0.211 e. The zero-order valence-corrected chi connectivity index (χ0v) is 9.07. The van der Waals surface area contributed by atoms with Crippen LogP contribution in [0.25, 0.3) is 0 Å². The molecule has 0 atom stereocenters. The van der Waals surface area contributed by atoms with E-state index < -0.39 is 0 Å². The van der Waals surface area contributed by atoms with Crippen LogP contribution in [0.2, 0.25) is 0 Å². The van der Waals surface area contributed by atoms with Gasteiger partial charge in [0.05, 0.1) is 5.69 Å². The van der Waals surface area contributed by atoms with Crippen molar-refractivity contribution in [2.24, 2.45) is 7.05 Å². The summed E-state index contributed by atoms with van der Waals surface area (Å²) in [5.41, 5.74) is 1.75. The molecule has 1 heterocycles. The molecule has 0 unspecified atom stereocenters. The summed E-state index contributed by atoms with van der Waals surface area (Å²) in [7, 11) is 1.71. The number of hydrogen-bond donors (Lipinski definition) is 0. The minimum absolute atomic E-state index is 0.150. The number of halogens is 1. The van der Waals surface area contributed by atoms with E-state index in [4.69, 9.17) is 0 Å². The third-order valence-corrected chi connectivity index (χ3v) is 2.34. The van der Waals surface area contributed by atoms with Gasteiger partial charge in [0.1, 0.15) is 11.5 Å². The second-order valence-electron chi connectivity index (χ2n) is 3.63. The Bertz CT molecular complexity index is 528. The molecule has 2 aromatic rings. The molecule has 0 saturated carbocycles. The molecular weight excluding hydrogens is 207 g/mol. The fourth-order valence-corrected chi connectivity index (χ4v) is 1.57. The van der Waals surface area contributed by atoms with Gasteiger partial charge in [-0.05, 0) is 37.3 Å². The van der Waals surface area contributed by atoms with Gasteiger partial charge in [-0.1, -0.05) is 0 Å². The standard InChI is InChI=1S/C12H11FN2O/c1-8-7-11(15(2)14-8)12(16)9-3-5-10(13)6-4-9/h3-7H,1-2H3. The predicted octanol–water partition coefficient (Wildman–Crippen LogP) is 2.10. The van der Waals surface area contributed by atoms with Crippen molar-refractivity contribution >= 4 is 5.78 Å². The van der Waals surface area contributed by atoms with Crippen LogP contribution in [0.4, 0.5) is 4.39 Å². The van der Waals surface area contributed by atoms with Gasteiger partial charge < -0.3 is 0 Å². The van der Waals surface area contributed by atoms with Crippen LogP contribution in [-0.4, -0.2) is 15.6 Å². The average Bonchev–Trinajstić information content (AvgIpc) is 2.58. The molecule has 0 spiro atoms. The van der Waals surface area contributed by atoms with Gasteiger partial charge in [0.15, 0.2) is 0 Å². The molecule has 0 aliphatic carbocycles. The van der Waals surface area contributed by atoms with Gasteiger partial charge in [0.2, 0.25) is 5.78 Å². The number of carbonyl (C=O) groups excluding carboxylic acids is 1. The van der Waals surface area contributed by atoms with Crippen molar-refractivity contribution in [3.05, 3.63) is 53.1 Å². The summed E-state index contributed by atoms with van der Waals surface area (Å²) in [5.74, 6) is -0.499. The molecule has 2 rings (SSSR count). The van der Waals surface area contributed by atoms with E-state index in [2.05, 4.69) is 5.10 Å². The third-order valence-electron chi connectivity index (χ3n) is 2.34. The van der Waals surface area contributed by atoms with Crippen LogP contribution in [0.15, 0.2) is 30.3 Å². The second kappa shape index (κ2) is 3.89. The van der Waals surface area contributed by atoms with Crippen LogP contribution in [0.3, 0.4) is 0 Å². The summed E-state index contributed by atoms with van der Waals surface area (Å²) < 4.78 is 14.2. The summed E-state index contributed by atoms with van der Waals surface area (Å²) in [6.07, 6.45) is 0. The van der Waals surface area contributed by atoms with Crippen molar-refractivity contribution in [2.75, 3.05) is 0 Å². The van der Waals surface area contributed by atoms with Crippen LogP contribution < -0.4 is 0 Å². The fourth-order valence-electron chi connectivity index (χ4n) is 1.57. The molecule has 0 bridgehead atoms. The van der Waals surface area contributed by atoms with Crippen LogP contribution >= 0.6 is 0 Å². The first-order valence-electron chi connectivity index (χ1n) is 4.89. The zero-order chi connectivity index (χ0) is 11.7. The van der Waals surface area contributed by atoms with E-state index in [9.17, 15) is 9.18 Å². The van der Waals surface area contributed by atoms with E-state index in [0.717, 1.165) is 5.69 Å². The SMILES string of the molecule is Cc1cc(C(=O)c2ccc(F)cc2)n(C)n1. The number of ketones is 1. The van der Waals surface area contributed by atoms with Crippen molar-refractivity contribution in [2.45, 2.75) is 6.92 Å². The molecule has 0 aliphatic heterocycles. The first-order valence-corrected chi connectivity index (χ1v) is 4.89. The third kappa shape index (κ3) is 1.86. The van der Waals surface area contributed by atoms with Crippen LogP contribution in [0.5, 0.6) is 0 Å². The van der Waals surface area contributed by atoms with Crippen molar-refractivity contribution < 1.29 is 9.18 Å². The summed E-state index contributed by atoms with van der Waals surface area (Å²) in [6.45, 7) is 1.82. The van der Waals surface area contributed by atoms with E-state index in [1.54, 1.807) is 13.1 Å². The summed E-state index contributed by atoms with van der Waals surface area (Å²) in [4.78, 5) is 12.0. The molecule has 16 heavy (non-hydrogen) atoms. The van der Waals surface area contributed by atoms with Crippen LogP contribution in [0.1, 0.15) is 21.7 Å². The lowest BCUT2D eigenvalue weighted by atomic mass is 10.1. The number of rotatable bonds is 2. The van der Waals surface area contributed by atoms with Gasteiger partial charge in [-0.25, -0.2) is 4.39 Å². The maximum absolute atomic E-state index is 12.7. The highest BCUT2D eigenvalue weighted by Gasteiger charge is 2.13. The molecule has 4 heteroatoms. The second-order valence-corrected chi connectivity index (χ2v) is 3.63. The Morgan fingerprint density at radius 2 is 1.94 bits per heavy atom. The summed E-state index contributed by atoms with van der Waals surface area (Å²) >= 11 is 0. The first kappa shape index (κ1) is 10.5. The van der Waals surface area contributed by atoms with Crippen molar-refractivity contribution in [1.82, 2.24) is 9.78 Å². The number of hydrogen-bond acceptors (Lipinski definition) is 2. The Hall–Kier alpha value is -1.97. The van der Waals surface area contributed by atoms with E-state index >= 15 is 0 Å². The Labute approximate surface area is 92.5 Å². The smallest absolute Gasteiger partial charge is 0.211 e. The topological polar surface area (TPSA) is 34.9 Å². The number of nitrogens with zero attached hydrogens (tertiary/aromatic N) is 2. The molecule has 0 saturated heterocycles. The van der Waals surface area contributed by atoms with E-state index in [1.165, 1.54) is 28.9 Å². The quantitative estimate of drug-likeness (QED) is 0.723. The molecule has 1 aromatic carbocycles. The Morgan fingerprint density at radius 1 is 1.31 bits per heavy atom. The number of aryl methyl sites for hydroxylation is 2.